The van der Waals surface area contributed by atoms with Gasteiger partial charge in [-0.2, -0.15) is 0 Å². The highest BCUT2D eigenvalue weighted by atomic mass is 16.1. The van der Waals surface area contributed by atoms with Crippen molar-refractivity contribution < 1.29 is 4.79 Å². The summed E-state index contributed by atoms with van der Waals surface area (Å²) in [5, 5.41) is 6.30. The van der Waals surface area contributed by atoms with Crippen molar-refractivity contribution >= 4 is 5.91 Å². The minimum atomic E-state index is 0.154. The van der Waals surface area contributed by atoms with Crippen LogP contribution in [0.3, 0.4) is 0 Å². The Morgan fingerprint density at radius 2 is 2.20 bits per heavy atom. The minimum absolute atomic E-state index is 0.154. The quantitative estimate of drug-likeness (QED) is 0.821. The van der Waals surface area contributed by atoms with E-state index in [1.165, 1.54) is 5.56 Å². The van der Waals surface area contributed by atoms with Crippen molar-refractivity contribution in [3.8, 4) is 0 Å². The molecule has 0 bridgehead atoms. The third-order valence-electron chi connectivity index (χ3n) is 4.03. The van der Waals surface area contributed by atoms with E-state index in [1.54, 1.807) is 0 Å². The lowest BCUT2D eigenvalue weighted by atomic mass is 10.1. The molecule has 2 N–H and O–H groups in total. The lowest BCUT2D eigenvalue weighted by Crippen LogP contribution is -2.42. The Kier molecular flexibility index (Phi) is 5.56. The molecule has 0 radical (unpaired) electrons. The predicted molar refractivity (Wildman–Crippen MR) is 81.4 cm³/mol. The molecule has 1 heterocycles. The van der Waals surface area contributed by atoms with Crippen LogP contribution in [0.1, 0.15) is 18.9 Å². The van der Waals surface area contributed by atoms with E-state index in [2.05, 4.69) is 53.8 Å². The van der Waals surface area contributed by atoms with Crippen molar-refractivity contribution in [3.05, 3.63) is 35.9 Å². The third-order valence-corrected chi connectivity index (χ3v) is 4.03. The number of carbonyl (C=O) groups is 1. The van der Waals surface area contributed by atoms with Gasteiger partial charge in [0.1, 0.15) is 0 Å². The third kappa shape index (κ3) is 4.32. The fourth-order valence-electron chi connectivity index (χ4n) is 2.45. The van der Waals surface area contributed by atoms with Crippen molar-refractivity contribution in [2.24, 2.45) is 5.92 Å². The van der Waals surface area contributed by atoms with Gasteiger partial charge in [-0.25, -0.2) is 0 Å². The molecule has 2 atom stereocenters. The first-order valence-electron chi connectivity index (χ1n) is 7.39. The second kappa shape index (κ2) is 7.41. The van der Waals surface area contributed by atoms with Gasteiger partial charge in [0.05, 0.1) is 5.92 Å². The van der Waals surface area contributed by atoms with E-state index in [0.29, 0.717) is 12.6 Å². The van der Waals surface area contributed by atoms with Crippen LogP contribution in [0.25, 0.3) is 0 Å². The number of hydrogen-bond acceptors (Lipinski definition) is 3. The molecule has 0 saturated carbocycles. The number of hydrogen-bond donors (Lipinski definition) is 2. The van der Waals surface area contributed by atoms with Gasteiger partial charge in [0.15, 0.2) is 0 Å². The monoisotopic (exact) mass is 275 g/mol. The Labute approximate surface area is 121 Å². The van der Waals surface area contributed by atoms with Gasteiger partial charge in [-0.1, -0.05) is 30.3 Å². The maximum absolute atomic E-state index is 12.0. The summed E-state index contributed by atoms with van der Waals surface area (Å²) < 4.78 is 0. The van der Waals surface area contributed by atoms with E-state index < -0.39 is 0 Å². The van der Waals surface area contributed by atoms with Crippen LogP contribution < -0.4 is 10.6 Å². The summed E-state index contributed by atoms with van der Waals surface area (Å²) in [6.07, 6.45) is 0.958. The second-order valence-electron chi connectivity index (χ2n) is 5.68. The predicted octanol–water partition coefficient (Wildman–Crippen LogP) is 1.23. The zero-order valence-corrected chi connectivity index (χ0v) is 12.4. The summed E-state index contributed by atoms with van der Waals surface area (Å²) in [6.45, 7) is 5.54. The molecule has 1 amide bonds. The van der Waals surface area contributed by atoms with Crippen LogP contribution in [0.4, 0.5) is 0 Å². The van der Waals surface area contributed by atoms with Crippen LogP contribution >= 0.6 is 0 Å². The molecule has 2 rings (SSSR count). The average Bonchev–Trinajstić information content (AvgIpc) is 2.99. The highest BCUT2D eigenvalue weighted by Gasteiger charge is 2.22. The number of benzene rings is 1. The highest BCUT2D eigenvalue weighted by Crippen LogP contribution is 2.08. The Morgan fingerprint density at radius 1 is 1.45 bits per heavy atom. The first-order valence-corrected chi connectivity index (χ1v) is 7.39. The summed E-state index contributed by atoms with van der Waals surface area (Å²) in [4.78, 5) is 14.2. The van der Waals surface area contributed by atoms with Crippen LogP contribution in [0, 0.1) is 5.92 Å². The molecule has 1 aromatic rings. The van der Waals surface area contributed by atoms with E-state index in [0.717, 1.165) is 26.1 Å². The number of nitrogens with zero attached hydrogens (tertiary/aromatic N) is 1. The minimum Gasteiger partial charge on any atom is -0.354 e. The van der Waals surface area contributed by atoms with Gasteiger partial charge >= 0.3 is 0 Å². The normalized spacial score (nSPS) is 20.1. The highest BCUT2D eigenvalue weighted by molar-refractivity contribution is 5.79. The average molecular weight is 275 g/mol. The number of likely N-dealkylation sites (N-methyl/N-ethyl adjacent to an activating group) is 1. The zero-order valence-electron chi connectivity index (χ0n) is 12.4. The fourth-order valence-corrected chi connectivity index (χ4v) is 2.45. The molecular weight excluding hydrogens is 250 g/mol. The van der Waals surface area contributed by atoms with Crippen molar-refractivity contribution in [3.63, 3.8) is 0 Å². The molecule has 1 saturated heterocycles. The van der Waals surface area contributed by atoms with Gasteiger partial charge in [0.25, 0.3) is 0 Å². The van der Waals surface area contributed by atoms with Crippen molar-refractivity contribution in [2.75, 3.05) is 26.7 Å². The van der Waals surface area contributed by atoms with Crippen LogP contribution in [-0.2, 0) is 11.3 Å². The van der Waals surface area contributed by atoms with Gasteiger partial charge in [0, 0.05) is 25.7 Å². The number of nitrogens with one attached hydrogen (secondary N) is 2. The van der Waals surface area contributed by atoms with Gasteiger partial charge in [-0.3, -0.25) is 9.69 Å². The summed E-state index contributed by atoms with van der Waals surface area (Å²) in [7, 11) is 2.10. The van der Waals surface area contributed by atoms with Gasteiger partial charge in [-0.15, -0.1) is 0 Å². The topological polar surface area (TPSA) is 44.4 Å². The summed E-state index contributed by atoms with van der Waals surface area (Å²) >= 11 is 0. The maximum atomic E-state index is 12.0. The standard InChI is InChI=1S/C16H25N3O/c1-13(10-18-16(20)15-8-9-17-11-15)19(2)12-14-6-4-3-5-7-14/h3-7,13,15,17H,8-12H2,1-2H3,(H,18,20). The van der Waals surface area contributed by atoms with Gasteiger partial charge in [-0.05, 0) is 32.5 Å². The maximum Gasteiger partial charge on any atom is 0.224 e. The molecular formula is C16H25N3O. The fraction of sp³-hybridized carbons (Fsp3) is 0.562. The molecule has 2 unspecified atom stereocenters. The van der Waals surface area contributed by atoms with Crippen LogP contribution in [-0.4, -0.2) is 43.5 Å². The first-order chi connectivity index (χ1) is 9.66. The molecule has 1 aromatic carbocycles. The Hall–Kier alpha value is -1.39. The Bertz CT molecular complexity index is 415. The van der Waals surface area contributed by atoms with Gasteiger partial charge in [0.2, 0.25) is 5.91 Å². The Morgan fingerprint density at radius 3 is 2.85 bits per heavy atom. The zero-order chi connectivity index (χ0) is 14.4. The summed E-state index contributed by atoms with van der Waals surface area (Å²) in [5.41, 5.74) is 1.30. The summed E-state index contributed by atoms with van der Waals surface area (Å²) in [5.74, 6) is 0.344. The van der Waals surface area contributed by atoms with E-state index in [4.69, 9.17) is 0 Å². The van der Waals surface area contributed by atoms with Crippen LogP contribution in [0.2, 0.25) is 0 Å². The second-order valence-corrected chi connectivity index (χ2v) is 5.68. The molecule has 0 aliphatic carbocycles. The van der Waals surface area contributed by atoms with Gasteiger partial charge < -0.3 is 10.6 Å². The van der Waals surface area contributed by atoms with Crippen molar-refractivity contribution in [1.82, 2.24) is 15.5 Å². The molecule has 4 heteroatoms. The Balaban J connectivity index is 1.73. The van der Waals surface area contributed by atoms with Crippen LogP contribution in [0.5, 0.6) is 0 Å². The largest absolute Gasteiger partial charge is 0.354 e. The smallest absolute Gasteiger partial charge is 0.224 e. The van der Waals surface area contributed by atoms with Crippen molar-refractivity contribution in [1.29, 1.82) is 0 Å². The van der Waals surface area contributed by atoms with E-state index in [-0.39, 0.29) is 11.8 Å². The first kappa shape index (κ1) is 15.0. The van der Waals surface area contributed by atoms with E-state index >= 15 is 0 Å². The van der Waals surface area contributed by atoms with E-state index in [9.17, 15) is 4.79 Å². The lowest BCUT2D eigenvalue weighted by molar-refractivity contribution is -0.124. The summed E-state index contributed by atoms with van der Waals surface area (Å²) in [6, 6.07) is 10.7. The van der Waals surface area contributed by atoms with Crippen LogP contribution in [0.15, 0.2) is 30.3 Å². The number of rotatable bonds is 6. The number of amides is 1. The molecule has 1 aliphatic rings. The molecule has 1 aliphatic heterocycles. The lowest BCUT2D eigenvalue weighted by Gasteiger charge is -2.25. The molecule has 110 valence electrons. The molecule has 1 fully saturated rings. The number of carbonyl (C=O) groups excluding carboxylic acids is 1. The molecule has 0 spiro atoms. The van der Waals surface area contributed by atoms with Crippen molar-refractivity contribution in [2.45, 2.75) is 25.9 Å². The molecule has 4 nitrogen and oxygen atoms in total. The SMILES string of the molecule is CC(CNC(=O)C1CCNC1)N(C)Cc1ccccc1. The van der Waals surface area contributed by atoms with E-state index in [1.807, 2.05) is 6.07 Å². The molecule has 20 heavy (non-hydrogen) atoms. The molecule has 0 aromatic heterocycles.